The third-order valence-corrected chi connectivity index (χ3v) is 3.34. The Morgan fingerprint density at radius 2 is 1.83 bits per heavy atom. The van der Waals surface area contributed by atoms with Gasteiger partial charge in [0.25, 0.3) is 0 Å². The van der Waals surface area contributed by atoms with Crippen LogP contribution in [0, 0.1) is 0 Å². The van der Waals surface area contributed by atoms with E-state index in [1.54, 1.807) is 0 Å². The van der Waals surface area contributed by atoms with Gasteiger partial charge < -0.3 is 20.7 Å². The molecule has 0 bridgehead atoms. The Balaban J connectivity index is 1.70. The van der Waals surface area contributed by atoms with Crippen LogP contribution in [0.2, 0.25) is 0 Å². The average molecular weight is 319 g/mol. The molecule has 23 heavy (non-hydrogen) atoms. The van der Waals surface area contributed by atoms with Crippen molar-refractivity contribution in [1.82, 2.24) is 10.6 Å². The standard InChI is InChI=1S/C17H25N3O3/c1-11(21)19-13-7-5-12(6-8-13)10-18-14-9-15(14)20-16(22)23-17(2,3)4/h5-8,14-15,18H,9-10H2,1-4H3,(H,19,21)(H,20,22). The molecule has 0 aromatic heterocycles. The highest BCUT2D eigenvalue weighted by molar-refractivity contribution is 5.88. The van der Waals surface area contributed by atoms with E-state index in [0.717, 1.165) is 24.2 Å². The maximum Gasteiger partial charge on any atom is 0.407 e. The molecule has 0 heterocycles. The molecular weight excluding hydrogens is 294 g/mol. The summed E-state index contributed by atoms with van der Waals surface area (Å²) < 4.78 is 5.23. The number of anilines is 1. The van der Waals surface area contributed by atoms with E-state index in [-0.39, 0.29) is 24.1 Å². The SMILES string of the molecule is CC(=O)Nc1ccc(CNC2CC2NC(=O)OC(C)(C)C)cc1. The molecule has 2 atom stereocenters. The van der Waals surface area contributed by atoms with Crippen LogP contribution in [0.3, 0.4) is 0 Å². The van der Waals surface area contributed by atoms with Gasteiger partial charge in [0.1, 0.15) is 5.60 Å². The number of amides is 2. The summed E-state index contributed by atoms with van der Waals surface area (Å²) in [6.07, 6.45) is 0.537. The van der Waals surface area contributed by atoms with E-state index in [0.29, 0.717) is 0 Å². The Morgan fingerprint density at radius 1 is 1.17 bits per heavy atom. The normalized spacial score (nSPS) is 19.8. The maximum atomic E-state index is 11.7. The van der Waals surface area contributed by atoms with E-state index in [1.165, 1.54) is 6.92 Å². The first-order chi connectivity index (χ1) is 10.7. The predicted molar refractivity (Wildman–Crippen MR) is 89.1 cm³/mol. The number of carbonyl (C=O) groups excluding carboxylic acids is 2. The Bertz CT molecular complexity index is 563. The number of alkyl carbamates (subject to hydrolysis) is 1. The van der Waals surface area contributed by atoms with Crippen molar-refractivity contribution in [3.8, 4) is 0 Å². The van der Waals surface area contributed by atoms with E-state index in [2.05, 4.69) is 16.0 Å². The zero-order chi connectivity index (χ0) is 17.0. The van der Waals surface area contributed by atoms with Crippen molar-refractivity contribution < 1.29 is 14.3 Å². The average Bonchev–Trinajstić information content (AvgIpc) is 3.13. The van der Waals surface area contributed by atoms with Gasteiger partial charge in [-0.25, -0.2) is 4.79 Å². The number of carbonyl (C=O) groups is 2. The van der Waals surface area contributed by atoms with Gasteiger partial charge in [0, 0.05) is 31.2 Å². The monoisotopic (exact) mass is 319 g/mol. The summed E-state index contributed by atoms with van der Waals surface area (Å²) in [5.41, 5.74) is 1.44. The molecule has 126 valence electrons. The zero-order valence-corrected chi connectivity index (χ0v) is 14.1. The van der Waals surface area contributed by atoms with E-state index >= 15 is 0 Å². The summed E-state index contributed by atoms with van der Waals surface area (Å²) in [4.78, 5) is 22.6. The predicted octanol–water partition coefficient (Wildman–Crippen LogP) is 2.40. The van der Waals surface area contributed by atoms with Crippen LogP contribution >= 0.6 is 0 Å². The van der Waals surface area contributed by atoms with Crippen molar-refractivity contribution in [3.05, 3.63) is 29.8 Å². The summed E-state index contributed by atoms with van der Waals surface area (Å²) in [6.45, 7) is 7.75. The van der Waals surface area contributed by atoms with Gasteiger partial charge in [-0.2, -0.15) is 0 Å². The molecule has 1 aliphatic rings. The van der Waals surface area contributed by atoms with Crippen LogP contribution in [0.25, 0.3) is 0 Å². The lowest BCUT2D eigenvalue weighted by atomic mass is 10.2. The second-order valence-corrected chi connectivity index (χ2v) is 6.85. The molecule has 1 aromatic carbocycles. The minimum absolute atomic E-state index is 0.0788. The smallest absolute Gasteiger partial charge is 0.407 e. The fourth-order valence-electron chi connectivity index (χ4n) is 2.20. The van der Waals surface area contributed by atoms with Crippen LogP contribution < -0.4 is 16.0 Å². The second-order valence-electron chi connectivity index (χ2n) is 6.85. The van der Waals surface area contributed by atoms with Crippen LogP contribution in [0.5, 0.6) is 0 Å². The van der Waals surface area contributed by atoms with Crippen LogP contribution in [-0.2, 0) is 16.1 Å². The highest BCUT2D eigenvalue weighted by atomic mass is 16.6. The third-order valence-electron chi connectivity index (χ3n) is 3.34. The molecular formula is C17H25N3O3. The van der Waals surface area contributed by atoms with Crippen LogP contribution in [0.1, 0.15) is 39.7 Å². The maximum absolute atomic E-state index is 11.7. The highest BCUT2D eigenvalue weighted by Gasteiger charge is 2.38. The van der Waals surface area contributed by atoms with E-state index in [4.69, 9.17) is 4.74 Å². The number of ether oxygens (including phenoxy) is 1. The molecule has 3 N–H and O–H groups in total. The van der Waals surface area contributed by atoms with Crippen molar-refractivity contribution >= 4 is 17.7 Å². The molecule has 6 nitrogen and oxygen atoms in total. The first kappa shape index (κ1) is 17.3. The summed E-state index contributed by atoms with van der Waals surface area (Å²) in [7, 11) is 0. The summed E-state index contributed by atoms with van der Waals surface area (Å²) >= 11 is 0. The van der Waals surface area contributed by atoms with Gasteiger partial charge in [-0.1, -0.05) is 12.1 Å². The van der Waals surface area contributed by atoms with Crippen LogP contribution in [-0.4, -0.2) is 29.7 Å². The first-order valence-corrected chi connectivity index (χ1v) is 7.82. The van der Waals surface area contributed by atoms with Crippen molar-refractivity contribution in [2.75, 3.05) is 5.32 Å². The Kier molecular flexibility index (Phi) is 5.26. The van der Waals surface area contributed by atoms with Crippen molar-refractivity contribution in [3.63, 3.8) is 0 Å². The van der Waals surface area contributed by atoms with Gasteiger partial charge in [-0.15, -0.1) is 0 Å². The van der Waals surface area contributed by atoms with Crippen LogP contribution in [0.4, 0.5) is 10.5 Å². The molecule has 6 heteroatoms. The largest absolute Gasteiger partial charge is 0.444 e. The van der Waals surface area contributed by atoms with Gasteiger partial charge in [-0.3, -0.25) is 4.79 Å². The van der Waals surface area contributed by atoms with Gasteiger partial charge >= 0.3 is 6.09 Å². The number of benzene rings is 1. The first-order valence-electron chi connectivity index (χ1n) is 7.82. The van der Waals surface area contributed by atoms with E-state index in [9.17, 15) is 9.59 Å². The molecule has 0 saturated heterocycles. The molecule has 2 amide bonds. The van der Waals surface area contributed by atoms with E-state index < -0.39 is 5.60 Å². The number of hydrogen-bond acceptors (Lipinski definition) is 4. The summed E-state index contributed by atoms with van der Waals surface area (Å²) in [6, 6.07) is 8.10. The van der Waals surface area contributed by atoms with Gasteiger partial charge in [-0.05, 0) is 44.9 Å². The lowest BCUT2D eigenvalue weighted by Gasteiger charge is -2.19. The Hall–Kier alpha value is -2.08. The minimum atomic E-state index is -0.475. The van der Waals surface area contributed by atoms with Crippen molar-refractivity contribution in [2.45, 2.75) is 58.3 Å². The molecule has 0 spiro atoms. The van der Waals surface area contributed by atoms with Gasteiger partial charge in [0.2, 0.25) is 5.91 Å². The van der Waals surface area contributed by atoms with Crippen LogP contribution in [0.15, 0.2) is 24.3 Å². The summed E-state index contributed by atoms with van der Waals surface area (Å²) in [5.74, 6) is -0.0788. The molecule has 0 aliphatic heterocycles. The Morgan fingerprint density at radius 3 is 2.39 bits per heavy atom. The second kappa shape index (κ2) is 7.00. The molecule has 2 rings (SSSR count). The number of nitrogens with one attached hydrogen (secondary N) is 3. The van der Waals surface area contributed by atoms with Gasteiger partial charge in [0.05, 0.1) is 0 Å². The molecule has 1 fully saturated rings. The topological polar surface area (TPSA) is 79.5 Å². The molecule has 0 radical (unpaired) electrons. The highest BCUT2D eigenvalue weighted by Crippen LogP contribution is 2.22. The molecule has 2 unspecified atom stereocenters. The molecule has 1 saturated carbocycles. The quantitative estimate of drug-likeness (QED) is 0.778. The fraction of sp³-hybridized carbons (Fsp3) is 0.529. The Labute approximate surface area is 137 Å². The molecule has 1 aliphatic carbocycles. The van der Waals surface area contributed by atoms with Gasteiger partial charge in [0.15, 0.2) is 0 Å². The van der Waals surface area contributed by atoms with E-state index in [1.807, 2.05) is 45.0 Å². The number of rotatable bonds is 5. The summed E-state index contributed by atoms with van der Waals surface area (Å²) in [5, 5.41) is 8.99. The fourth-order valence-corrected chi connectivity index (χ4v) is 2.20. The van der Waals surface area contributed by atoms with Crippen molar-refractivity contribution in [1.29, 1.82) is 0 Å². The minimum Gasteiger partial charge on any atom is -0.444 e. The third kappa shape index (κ3) is 6.28. The van der Waals surface area contributed by atoms with Crippen molar-refractivity contribution in [2.24, 2.45) is 0 Å². The molecule has 1 aromatic rings. The lowest BCUT2D eigenvalue weighted by Crippen LogP contribution is -2.36. The lowest BCUT2D eigenvalue weighted by molar-refractivity contribution is -0.114. The zero-order valence-electron chi connectivity index (χ0n) is 14.1. The number of hydrogen-bond donors (Lipinski definition) is 3.